The largest absolute Gasteiger partial charge is 0.507 e. The molecule has 4 rings (SSSR count). The van der Waals surface area contributed by atoms with Gasteiger partial charge >= 0.3 is 0 Å². The third-order valence-corrected chi connectivity index (χ3v) is 5.88. The standard InChI is InChI=1S/C27H23F2NO4/c1-15-12-16(2)26(34-3)20(13-15)24(31)22-23(19-6-4-5-7-21(19)29)30(27(33)25(22)32)14-17-8-10-18(28)11-9-17/h4-13,23,31H,14H2,1-3H3/b24-22+. The van der Waals surface area contributed by atoms with Gasteiger partial charge in [0.15, 0.2) is 0 Å². The molecule has 1 fully saturated rings. The Hall–Kier alpha value is -4.00. The molecule has 0 bridgehead atoms. The van der Waals surface area contributed by atoms with Crippen LogP contribution in [0.25, 0.3) is 5.76 Å². The van der Waals surface area contributed by atoms with E-state index in [0.29, 0.717) is 11.3 Å². The fourth-order valence-corrected chi connectivity index (χ4v) is 4.40. The number of methoxy groups -OCH3 is 1. The highest BCUT2D eigenvalue weighted by Crippen LogP contribution is 2.43. The SMILES string of the molecule is COc1c(C)cc(C)cc1/C(O)=C1\C(=O)C(=O)N(Cc2ccc(F)cc2)C1c1ccccc1F. The molecule has 3 aromatic carbocycles. The van der Waals surface area contributed by atoms with Crippen LogP contribution in [0.15, 0.2) is 66.2 Å². The van der Waals surface area contributed by atoms with E-state index in [2.05, 4.69) is 0 Å². The Bertz CT molecular complexity index is 1310. The summed E-state index contributed by atoms with van der Waals surface area (Å²) in [4.78, 5) is 27.5. The molecule has 1 N–H and O–H groups in total. The first-order valence-corrected chi connectivity index (χ1v) is 10.7. The summed E-state index contributed by atoms with van der Waals surface area (Å²) in [5, 5.41) is 11.3. The van der Waals surface area contributed by atoms with Crippen LogP contribution in [0.1, 0.15) is 33.9 Å². The van der Waals surface area contributed by atoms with E-state index in [1.807, 2.05) is 13.0 Å². The highest BCUT2D eigenvalue weighted by Gasteiger charge is 2.47. The average Bonchev–Trinajstić information content (AvgIpc) is 3.04. The van der Waals surface area contributed by atoms with Crippen LogP contribution >= 0.6 is 0 Å². The van der Waals surface area contributed by atoms with E-state index >= 15 is 0 Å². The number of carbonyl (C=O) groups excluding carboxylic acids is 2. The quantitative estimate of drug-likeness (QED) is 0.320. The van der Waals surface area contributed by atoms with Crippen molar-refractivity contribution in [2.75, 3.05) is 7.11 Å². The maximum Gasteiger partial charge on any atom is 0.295 e. The summed E-state index contributed by atoms with van der Waals surface area (Å²) in [5.41, 5.74) is 2.15. The normalized spacial score (nSPS) is 17.3. The number of aliphatic hydroxyl groups excluding tert-OH is 1. The lowest BCUT2D eigenvalue weighted by molar-refractivity contribution is -0.140. The van der Waals surface area contributed by atoms with Crippen LogP contribution in [0.2, 0.25) is 0 Å². The molecule has 34 heavy (non-hydrogen) atoms. The molecule has 0 aromatic heterocycles. The predicted molar refractivity (Wildman–Crippen MR) is 123 cm³/mol. The summed E-state index contributed by atoms with van der Waals surface area (Å²) in [6, 6.07) is 13.6. The molecule has 1 amide bonds. The number of hydrogen-bond donors (Lipinski definition) is 1. The van der Waals surface area contributed by atoms with Crippen LogP contribution in [-0.4, -0.2) is 28.8 Å². The summed E-state index contributed by atoms with van der Waals surface area (Å²) in [7, 11) is 1.44. The minimum atomic E-state index is -1.18. The first-order valence-electron chi connectivity index (χ1n) is 10.7. The Kier molecular flexibility index (Phi) is 6.20. The van der Waals surface area contributed by atoms with Crippen molar-refractivity contribution in [3.8, 4) is 5.75 Å². The zero-order valence-corrected chi connectivity index (χ0v) is 18.9. The number of amides is 1. The van der Waals surface area contributed by atoms with Crippen LogP contribution in [0.3, 0.4) is 0 Å². The summed E-state index contributed by atoms with van der Waals surface area (Å²) in [6.07, 6.45) is 0. The lowest BCUT2D eigenvalue weighted by atomic mass is 9.93. The maximum atomic E-state index is 14.9. The molecule has 1 atom stereocenters. The Labute approximate surface area is 195 Å². The second-order valence-corrected chi connectivity index (χ2v) is 8.24. The van der Waals surface area contributed by atoms with E-state index in [1.165, 1.54) is 54.5 Å². The van der Waals surface area contributed by atoms with Gasteiger partial charge in [0, 0.05) is 12.1 Å². The molecule has 0 aliphatic carbocycles. The van der Waals surface area contributed by atoms with Crippen molar-refractivity contribution in [2.24, 2.45) is 0 Å². The molecule has 7 heteroatoms. The van der Waals surface area contributed by atoms with Crippen molar-refractivity contribution in [1.29, 1.82) is 0 Å². The number of ether oxygens (including phenoxy) is 1. The number of aryl methyl sites for hydroxylation is 2. The van der Waals surface area contributed by atoms with Crippen LogP contribution in [-0.2, 0) is 16.1 Å². The van der Waals surface area contributed by atoms with Gasteiger partial charge in [-0.2, -0.15) is 0 Å². The highest BCUT2D eigenvalue weighted by molar-refractivity contribution is 6.46. The highest BCUT2D eigenvalue weighted by atomic mass is 19.1. The molecule has 3 aromatic rings. The van der Waals surface area contributed by atoms with Crippen LogP contribution in [0.5, 0.6) is 5.75 Å². The molecular weight excluding hydrogens is 440 g/mol. The number of rotatable bonds is 5. The molecule has 1 aliphatic rings. The van der Waals surface area contributed by atoms with Crippen LogP contribution < -0.4 is 4.74 Å². The number of aliphatic hydroxyl groups is 1. The summed E-state index contributed by atoms with van der Waals surface area (Å²) in [6.45, 7) is 3.54. The smallest absolute Gasteiger partial charge is 0.295 e. The molecule has 0 saturated carbocycles. The molecule has 5 nitrogen and oxygen atoms in total. The van der Waals surface area contributed by atoms with Gasteiger partial charge in [0.1, 0.15) is 23.1 Å². The molecule has 0 radical (unpaired) electrons. The Morgan fingerprint density at radius 3 is 2.35 bits per heavy atom. The molecular formula is C27H23F2NO4. The van der Waals surface area contributed by atoms with Gasteiger partial charge < -0.3 is 14.7 Å². The predicted octanol–water partition coefficient (Wildman–Crippen LogP) is 5.21. The molecule has 1 saturated heterocycles. The lowest BCUT2D eigenvalue weighted by Crippen LogP contribution is -2.29. The van der Waals surface area contributed by atoms with E-state index in [0.717, 1.165) is 11.1 Å². The van der Waals surface area contributed by atoms with E-state index in [9.17, 15) is 23.5 Å². The molecule has 1 heterocycles. The van der Waals surface area contributed by atoms with Crippen molar-refractivity contribution in [2.45, 2.75) is 26.4 Å². The number of Topliss-reactive ketones (excluding diaryl/α,β-unsaturated/α-hetero) is 1. The second kappa shape index (κ2) is 9.09. The van der Waals surface area contributed by atoms with E-state index in [4.69, 9.17) is 4.74 Å². The van der Waals surface area contributed by atoms with Crippen molar-refractivity contribution >= 4 is 17.4 Å². The van der Waals surface area contributed by atoms with E-state index in [-0.39, 0.29) is 23.2 Å². The topological polar surface area (TPSA) is 66.8 Å². The zero-order chi connectivity index (χ0) is 24.6. The summed E-state index contributed by atoms with van der Waals surface area (Å²) >= 11 is 0. The maximum absolute atomic E-state index is 14.9. The molecule has 0 spiro atoms. The summed E-state index contributed by atoms with van der Waals surface area (Å²) in [5.74, 6) is -3.00. The van der Waals surface area contributed by atoms with Gasteiger partial charge in [-0.25, -0.2) is 8.78 Å². The monoisotopic (exact) mass is 463 g/mol. The van der Waals surface area contributed by atoms with Crippen molar-refractivity contribution < 1.29 is 28.2 Å². The number of likely N-dealkylation sites (tertiary alicyclic amines) is 1. The van der Waals surface area contributed by atoms with Crippen molar-refractivity contribution in [3.63, 3.8) is 0 Å². The van der Waals surface area contributed by atoms with E-state index in [1.54, 1.807) is 19.1 Å². The Balaban J connectivity index is 1.94. The first kappa shape index (κ1) is 23.2. The molecule has 174 valence electrons. The number of hydrogen-bond acceptors (Lipinski definition) is 4. The van der Waals surface area contributed by atoms with E-state index < -0.39 is 35.1 Å². The third-order valence-electron chi connectivity index (χ3n) is 5.88. The molecule has 1 unspecified atom stereocenters. The fourth-order valence-electron chi connectivity index (χ4n) is 4.40. The number of halogens is 2. The fraction of sp³-hybridized carbons (Fsp3) is 0.185. The summed E-state index contributed by atoms with van der Waals surface area (Å²) < 4.78 is 33.8. The first-order chi connectivity index (χ1) is 16.2. The third kappa shape index (κ3) is 4.05. The number of ketones is 1. The molecule has 1 aliphatic heterocycles. The lowest BCUT2D eigenvalue weighted by Gasteiger charge is -2.26. The van der Waals surface area contributed by atoms with Gasteiger partial charge in [-0.1, -0.05) is 36.4 Å². The Morgan fingerprint density at radius 1 is 1.03 bits per heavy atom. The Morgan fingerprint density at radius 2 is 1.71 bits per heavy atom. The van der Waals surface area contributed by atoms with Gasteiger partial charge in [-0.15, -0.1) is 0 Å². The van der Waals surface area contributed by atoms with Gasteiger partial charge in [0.2, 0.25) is 0 Å². The van der Waals surface area contributed by atoms with Gasteiger partial charge in [-0.05, 0) is 54.8 Å². The van der Waals surface area contributed by atoms with Crippen LogP contribution in [0.4, 0.5) is 8.78 Å². The van der Waals surface area contributed by atoms with Crippen LogP contribution in [0, 0.1) is 25.5 Å². The van der Waals surface area contributed by atoms with Crippen molar-refractivity contribution in [1.82, 2.24) is 4.90 Å². The number of carbonyl (C=O) groups is 2. The second-order valence-electron chi connectivity index (χ2n) is 8.24. The van der Waals surface area contributed by atoms with Gasteiger partial charge in [0.25, 0.3) is 11.7 Å². The van der Waals surface area contributed by atoms with Gasteiger partial charge in [-0.3, -0.25) is 9.59 Å². The zero-order valence-electron chi connectivity index (χ0n) is 18.9. The average molecular weight is 463 g/mol. The number of nitrogens with zero attached hydrogens (tertiary/aromatic N) is 1. The van der Waals surface area contributed by atoms with Gasteiger partial charge in [0.05, 0.1) is 24.3 Å². The minimum absolute atomic E-state index is 0.0636. The van der Waals surface area contributed by atoms with Crippen molar-refractivity contribution in [3.05, 3.63) is 106 Å². The minimum Gasteiger partial charge on any atom is -0.507 e. The number of benzene rings is 3.